The molecule has 4 aromatic heterocycles. The van der Waals surface area contributed by atoms with Crippen molar-refractivity contribution in [3.63, 3.8) is 0 Å². The van der Waals surface area contributed by atoms with Crippen LogP contribution in [0.2, 0.25) is 0 Å². The van der Waals surface area contributed by atoms with E-state index in [0.717, 1.165) is 6.07 Å². The number of aryl methyl sites for hydroxylation is 1. The average molecular weight is 528 g/mol. The Morgan fingerprint density at radius 2 is 1.82 bits per heavy atom. The molecule has 5 rings (SSSR count). The van der Waals surface area contributed by atoms with Crippen molar-refractivity contribution in [2.75, 3.05) is 19.5 Å². The topological polar surface area (TPSA) is 117 Å². The van der Waals surface area contributed by atoms with Crippen LogP contribution in [0.15, 0.2) is 78.0 Å². The van der Waals surface area contributed by atoms with Gasteiger partial charge in [-0.05, 0) is 43.3 Å². The van der Waals surface area contributed by atoms with E-state index in [1.807, 2.05) is 0 Å². The molecule has 0 bridgehead atoms. The minimum Gasteiger partial charge on any atom is -0.491 e. The number of carbonyl (C=O) groups excluding carboxylic acids is 1. The molecule has 0 aliphatic rings. The number of benzene rings is 1. The third kappa shape index (κ3) is 4.97. The lowest BCUT2D eigenvalue weighted by molar-refractivity contribution is 0.102. The molecule has 10 nitrogen and oxygen atoms in total. The standard InChI is InChI=1S/C28H22FN5O5/c1-16-6-8-19(28(36)34(16)18-5-4-11-30-15-18)26(35)32-17-7-9-22(20(29)13-17)39-23-10-12-31-21-14-24(37-2)27(38-3)33-25(21)23/h4-15H,1-3H3,(H,32,35). The molecule has 4 heterocycles. The quantitative estimate of drug-likeness (QED) is 0.324. The number of rotatable bonds is 7. The zero-order valence-corrected chi connectivity index (χ0v) is 21.1. The van der Waals surface area contributed by atoms with Crippen LogP contribution in [0, 0.1) is 12.7 Å². The Morgan fingerprint density at radius 1 is 0.974 bits per heavy atom. The van der Waals surface area contributed by atoms with E-state index in [0.29, 0.717) is 28.2 Å². The number of aromatic nitrogens is 4. The first-order valence-electron chi connectivity index (χ1n) is 11.7. The summed E-state index contributed by atoms with van der Waals surface area (Å²) in [5.74, 6) is -0.675. The van der Waals surface area contributed by atoms with Crippen molar-refractivity contribution >= 4 is 22.6 Å². The highest BCUT2D eigenvalue weighted by molar-refractivity contribution is 6.04. The van der Waals surface area contributed by atoms with E-state index >= 15 is 4.39 Å². The summed E-state index contributed by atoms with van der Waals surface area (Å²) in [6, 6.07) is 13.6. The van der Waals surface area contributed by atoms with E-state index in [1.54, 1.807) is 43.5 Å². The van der Waals surface area contributed by atoms with Gasteiger partial charge in [0.2, 0.25) is 0 Å². The molecule has 39 heavy (non-hydrogen) atoms. The van der Waals surface area contributed by atoms with Gasteiger partial charge in [-0.25, -0.2) is 9.37 Å². The molecule has 0 spiro atoms. The molecule has 196 valence electrons. The molecular weight excluding hydrogens is 505 g/mol. The molecule has 11 heteroatoms. The van der Waals surface area contributed by atoms with Crippen LogP contribution >= 0.6 is 0 Å². The number of carbonyl (C=O) groups is 1. The van der Waals surface area contributed by atoms with Crippen molar-refractivity contribution in [2.45, 2.75) is 6.92 Å². The van der Waals surface area contributed by atoms with Gasteiger partial charge < -0.3 is 19.5 Å². The number of halogens is 1. The number of fused-ring (bicyclic) bond motifs is 1. The summed E-state index contributed by atoms with van der Waals surface area (Å²) in [5, 5.41) is 2.57. The number of pyridine rings is 4. The molecule has 0 saturated carbocycles. The Bertz CT molecular complexity index is 1760. The van der Waals surface area contributed by atoms with Gasteiger partial charge in [0.25, 0.3) is 17.3 Å². The number of amides is 1. The van der Waals surface area contributed by atoms with E-state index in [2.05, 4.69) is 20.3 Å². The molecule has 0 saturated heterocycles. The van der Waals surface area contributed by atoms with Crippen molar-refractivity contribution in [1.82, 2.24) is 19.5 Å². The van der Waals surface area contributed by atoms with Crippen LogP contribution in [0.1, 0.15) is 16.1 Å². The van der Waals surface area contributed by atoms with Crippen molar-refractivity contribution in [2.24, 2.45) is 0 Å². The van der Waals surface area contributed by atoms with Crippen LogP contribution in [0.3, 0.4) is 0 Å². The predicted octanol–water partition coefficient (Wildman–Crippen LogP) is 4.69. The Balaban J connectivity index is 1.40. The maximum atomic E-state index is 15.0. The fraction of sp³-hybridized carbons (Fsp3) is 0.107. The maximum Gasteiger partial charge on any atom is 0.268 e. The van der Waals surface area contributed by atoms with Crippen molar-refractivity contribution in [1.29, 1.82) is 0 Å². The third-order valence-electron chi connectivity index (χ3n) is 5.86. The van der Waals surface area contributed by atoms with Gasteiger partial charge in [0.05, 0.1) is 31.6 Å². The number of nitrogens with one attached hydrogen (secondary N) is 1. The molecule has 1 aromatic carbocycles. The monoisotopic (exact) mass is 527 g/mol. The summed E-state index contributed by atoms with van der Waals surface area (Å²) >= 11 is 0. The minimum atomic E-state index is -0.741. The fourth-order valence-electron chi connectivity index (χ4n) is 3.98. The Hall–Kier alpha value is -5.32. The van der Waals surface area contributed by atoms with Gasteiger partial charge in [-0.3, -0.25) is 24.1 Å². The second kappa shape index (κ2) is 10.6. The van der Waals surface area contributed by atoms with E-state index < -0.39 is 17.3 Å². The first-order chi connectivity index (χ1) is 18.9. The van der Waals surface area contributed by atoms with E-state index in [9.17, 15) is 9.59 Å². The fourth-order valence-corrected chi connectivity index (χ4v) is 3.98. The highest BCUT2D eigenvalue weighted by Crippen LogP contribution is 2.35. The van der Waals surface area contributed by atoms with Gasteiger partial charge in [0.15, 0.2) is 23.1 Å². The lowest BCUT2D eigenvalue weighted by Crippen LogP contribution is -2.29. The molecule has 1 N–H and O–H groups in total. The summed E-state index contributed by atoms with van der Waals surface area (Å²) in [6.07, 6.45) is 4.61. The zero-order valence-electron chi connectivity index (χ0n) is 21.1. The SMILES string of the molecule is COc1cc2nccc(Oc3ccc(NC(=O)c4ccc(C)n(-c5cccnc5)c4=O)cc3F)c2nc1OC. The van der Waals surface area contributed by atoms with E-state index in [4.69, 9.17) is 14.2 Å². The molecule has 0 unspecified atom stereocenters. The van der Waals surface area contributed by atoms with Crippen molar-refractivity contribution in [3.8, 4) is 28.8 Å². The highest BCUT2D eigenvalue weighted by Gasteiger charge is 2.18. The summed E-state index contributed by atoms with van der Waals surface area (Å²) in [5.41, 5.74) is 1.47. The van der Waals surface area contributed by atoms with Crippen molar-refractivity contribution in [3.05, 3.63) is 101 Å². The summed E-state index contributed by atoms with van der Waals surface area (Å²) in [7, 11) is 2.93. The van der Waals surface area contributed by atoms with Gasteiger partial charge in [-0.1, -0.05) is 0 Å². The van der Waals surface area contributed by atoms with Gasteiger partial charge in [0.1, 0.15) is 11.1 Å². The Morgan fingerprint density at radius 3 is 2.54 bits per heavy atom. The molecular formula is C28H22FN5O5. The molecule has 0 aliphatic carbocycles. The zero-order chi connectivity index (χ0) is 27.5. The number of hydrogen-bond donors (Lipinski definition) is 1. The van der Waals surface area contributed by atoms with Crippen LogP contribution < -0.4 is 25.1 Å². The van der Waals surface area contributed by atoms with Gasteiger partial charge in [0, 0.05) is 42.0 Å². The first kappa shape index (κ1) is 25.3. The number of nitrogens with zero attached hydrogens (tertiary/aromatic N) is 4. The molecule has 5 aromatic rings. The number of hydrogen-bond acceptors (Lipinski definition) is 8. The largest absolute Gasteiger partial charge is 0.491 e. The smallest absolute Gasteiger partial charge is 0.268 e. The Kier molecular flexibility index (Phi) is 6.87. The third-order valence-corrected chi connectivity index (χ3v) is 5.86. The van der Waals surface area contributed by atoms with E-state index in [1.165, 1.54) is 49.4 Å². The van der Waals surface area contributed by atoms with Crippen molar-refractivity contribution < 1.29 is 23.4 Å². The highest BCUT2D eigenvalue weighted by atomic mass is 19.1. The number of methoxy groups -OCH3 is 2. The van der Waals surface area contributed by atoms with Gasteiger partial charge in [-0.2, -0.15) is 0 Å². The minimum absolute atomic E-state index is 0.105. The molecule has 0 aliphatic heterocycles. The first-order valence-corrected chi connectivity index (χ1v) is 11.7. The van der Waals surface area contributed by atoms with Crippen LogP contribution in [0.5, 0.6) is 23.1 Å². The van der Waals surface area contributed by atoms with Gasteiger partial charge in [-0.15, -0.1) is 0 Å². The molecule has 0 radical (unpaired) electrons. The second-order valence-electron chi connectivity index (χ2n) is 8.32. The number of ether oxygens (including phenoxy) is 3. The summed E-state index contributed by atoms with van der Waals surface area (Å²) < 4.78 is 32.7. The van der Waals surface area contributed by atoms with Crippen LogP contribution in [-0.2, 0) is 0 Å². The molecule has 0 atom stereocenters. The predicted molar refractivity (Wildman–Crippen MR) is 142 cm³/mol. The summed E-state index contributed by atoms with van der Waals surface area (Å²) in [4.78, 5) is 38.7. The lowest BCUT2D eigenvalue weighted by atomic mass is 10.2. The maximum absolute atomic E-state index is 15.0. The van der Waals surface area contributed by atoms with Crippen LogP contribution in [-0.4, -0.2) is 39.6 Å². The molecule has 0 fully saturated rings. The average Bonchev–Trinajstić information content (AvgIpc) is 2.94. The molecule has 1 amide bonds. The van der Waals surface area contributed by atoms with E-state index in [-0.39, 0.29) is 28.6 Å². The normalized spacial score (nSPS) is 10.8. The lowest BCUT2D eigenvalue weighted by Gasteiger charge is -2.13. The van der Waals surface area contributed by atoms with Gasteiger partial charge >= 0.3 is 0 Å². The van der Waals surface area contributed by atoms with Crippen LogP contribution in [0.4, 0.5) is 10.1 Å². The number of anilines is 1. The second-order valence-corrected chi connectivity index (χ2v) is 8.32. The Labute approximate surface area is 221 Å². The van der Waals surface area contributed by atoms with Crippen LogP contribution in [0.25, 0.3) is 16.7 Å². The summed E-state index contributed by atoms with van der Waals surface area (Å²) in [6.45, 7) is 1.75.